The van der Waals surface area contributed by atoms with Crippen molar-refractivity contribution in [2.75, 3.05) is 24.7 Å². The number of carbonyl (C=O) groups excluding carboxylic acids is 2. The lowest BCUT2D eigenvalue weighted by Crippen LogP contribution is -2.37. The number of aromatic hydroxyl groups is 1. The maximum Gasteiger partial charge on any atom is 0.302 e. The molecule has 1 saturated heterocycles. The molecule has 10 nitrogen and oxygen atoms in total. The highest BCUT2D eigenvalue weighted by Gasteiger charge is 2.43. The van der Waals surface area contributed by atoms with Gasteiger partial charge in [-0.15, -0.1) is 0 Å². The summed E-state index contributed by atoms with van der Waals surface area (Å²) in [5.41, 5.74) is 9.90. The molecule has 0 unspecified atom stereocenters. The van der Waals surface area contributed by atoms with Crippen LogP contribution in [-0.4, -0.2) is 76.0 Å². The highest BCUT2D eigenvalue weighted by Crippen LogP contribution is 2.46. The van der Waals surface area contributed by atoms with Gasteiger partial charge in [-0.3, -0.25) is 9.59 Å². The molecule has 2 aromatic carbocycles. The Labute approximate surface area is 329 Å². The van der Waals surface area contributed by atoms with Gasteiger partial charge >= 0.3 is 5.97 Å². The van der Waals surface area contributed by atoms with Crippen molar-refractivity contribution in [1.29, 1.82) is 0 Å². The molecule has 1 saturated carbocycles. The van der Waals surface area contributed by atoms with Crippen molar-refractivity contribution in [2.24, 2.45) is 22.1 Å². The Hall–Kier alpha value is -3.09. The fourth-order valence-electron chi connectivity index (χ4n) is 9.04. The molecule has 5 N–H and O–H groups in total. The number of nitrogens with one attached hydrogen (secondary N) is 1. The van der Waals surface area contributed by atoms with Gasteiger partial charge in [-0.25, -0.2) is 4.99 Å². The van der Waals surface area contributed by atoms with Gasteiger partial charge in [-0.05, 0) is 93.7 Å². The van der Waals surface area contributed by atoms with Crippen LogP contribution in [0.25, 0.3) is 0 Å². The summed E-state index contributed by atoms with van der Waals surface area (Å²) in [6.45, 7) is 2.86. The third-order valence-electron chi connectivity index (χ3n) is 11.8. The molecule has 2 fully saturated rings. The summed E-state index contributed by atoms with van der Waals surface area (Å²) in [6, 6.07) is 12.4. The van der Waals surface area contributed by atoms with E-state index in [1.807, 2.05) is 23.1 Å². The Morgan fingerprint density at radius 3 is 2.72 bits per heavy atom. The quantitative estimate of drug-likeness (QED) is 0.189. The van der Waals surface area contributed by atoms with E-state index in [0.29, 0.717) is 74.3 Å². The molecule has 1 amide bonds. The summed E-state index contributed by atoms with van der Waals surface area (Å²) in [4.78, 5) is 32.6. The maximum absolute atomic E-state index is 13.9. The van der Waals surface area contributed by atoms with Crippen molar-refractivity contribution in [3.63, 3.8) is 0 Å². The molecule has 0 spiro atoms. The Balaban J connectivity index is 1.29. The van der Waals surface area contributed by atoms with Crippen molar-refractivity contribution in [2.45, 2.75) is 135 Å². The summed E-state index contributed by atoms with van der Waals surface area (Å²) in [5, 5.41) is 26.2. The predicted molar refractivity (Wildman–Crippen MR) is 218 cm³/mol. The lowest BCUT2D eigenvalue weighted by atomic mass is 9.77. The van der Waals surface area contributed by atoms with Gasteiger partial charge in [0.05, 0.1) is 12.0 Å². The number of aliphatic imine (C=N–C) groups is 1. The summed E-state index contributed by atoms with van der Waals surface area (Å²) >= 11 is 0. The number of guanidine groups is 1. The van der Waals surface area contributed by atoms with E-state index in [1.54, 1.807) is 21.6 Å². The number of carbonyl (C=O) groups is 2. The molecule has 54 heavy (non-hydrogen) atoms. The van der Waals surface area contributed by atoms with Crippen LogP contribution in [-0.2, 0) is 40.1 Å². The summed E-state index contributed by atoms with van der Waals surface area (Å²) in [7, 11) is 3.49. The number of rotatable bonds is 3. The third kappa shape index (κ3) is 11.2. The Morgan fingerprint density at radius 2 is 1.89 bits per heavy atom. The van der Waals surface area contributed by atoms with Gasteiger partial charge in [0.1, 0.15) is 12.2 Å². The molecule has 2 aromatic rings. The van der Waals surface area contributed by atoms with Gasteiger partial charge in [0, 0.05) is 61.7 Å². The van der Waals surface area contributed by atoms with Crippen molar-refractivity contribution >= 4 is 39.4 Å². The standard InChI is InChI=1S/C42H60N4O6S2/c1-29(47)51-35-17-15-32-22-33(39(50)40-36(32)18-16-31-12-9-14-37(31)52-40)26-46-27-42(25-38(46)49,24-30-10-5-4-6-11-30)19-20-44-41(43)45-28-54-53-21-8-3-2-7-13-34(48)23-35/h4-6,10-11,22,31,34-35,37,48,50H,2-3,7-9,12-21,23-28H2,1H3,(H3,43,44,45)/t31-,34-,35-,37-,42-/m0/s1. The van der Waals surface area contributed by atoms with E-state index >= 15 is 0 Å². The highest BCUT2D eigenvalue weighted by molar-refractivity contribution is 8.76. The van der Waals surface area contributed by atoms with Crippen molar-refractivity contribution in [1.82, 2.24) is 10.2 Å². The number of aryl methyl sites for hydroxylation is 1. The summed E-state index contributed by atoms with van der Waals surface area (Å²) in [6.07, 6.45) is 12.4. The molecule has 0 radical (unpaired) electrons. The van der Waals surface area contributed by atoms with Crippen molar-refractivity contribution < 1.29 is 29.3 Å². The Morgan fingerprint density at radius 1 is 1.06 bits per heavy atom. The number of phenols is 1. The average Bonchev–Trinajstić information content (AvgIpc) is 3.65. The highest BCUT2D eigenvalue weighted by atomic mass is 33.1. The molecule has 12 heteroatoms. The van der Waals surface area contributed by atoms with E-state index in [1.165, 1.54) is 12.5 Å². The fraction of sp³-hybridized carbons (Fsp3) is 0.643. The number of hydrogen-bond donors (Lipinski definition) is 4. The monoisotopic (exact) mass is 780 g/mol. The molecule has 4 bridgehead atoms. The third-order valence-corrected chi connectivity index (χ3v) is 14.0. The molecule has 5 atom stereocenters. The fourth-order valence-corrected chi connectivity index (χ4v) is 10.8. The first-order chi connectivity index (χ1) is 26.2. The lowest BCUT2D eigenvalue weighted by molar-refractivity contribution is -0.148. The van der Waals surface area contributed by atoms with E-state index in [0.717, 1.165) is 87.5 Å². The second-order valence-corrected chi connectivity index (χ2v) is 18.5. The second-order valence-electron chi connectivity index (χ2n) is 16.0. The average molecular weight is 781 g/mol. The first-order valence-electron chi connectivity index (χ1n) is 20.2. The van der Waals surface area contributed by atoms with Crippen LogP contribution in [0.5, 0.6) is 11.5 Å². The number of aliphatic hydroxyl groups is 1. The van der Waals surface area contributed by atoms with Crippen LogP contribution < -0.4 is 15.8 Å². The molecule has 3 heterocycles. The number of phenolic OH excluding ortho intramolecular Hbond substituents is 1. The lowest BCUT2D eigenvalue weighted by Gasteiger charge is -2.30. The number of aliphatic hydroxyl groups excluding tert-OH is 1. The SMILES string of the molecule is CC(=O)O[C@H]1CCc2cc(c(O)c3c2CC[C@@H]2CCC[C@@H]2O3)CN2C[C@](Cc3ccccc3)(CCNC(N)=NCSSCCCCCC[C@H](O)C1)CC2=O. The molecular weight excluding hydrogens is 721 g/mol. The van der Waals surface area contributed by atoms with Crippen LogP contribution in [0.2, 0.25) is 0 Å². The molecule has 6 rings (SSSR count). The van der Waals surface area contributed by atoms with Gasteiger partial charge in [-0.1, -0.05) is 71.2 Å². The maximum atomic E-state index is 13.9. The van der Waals surface area contributed by atoms with Crippen LogP contribution >= 0.6 is 21.6 Å². The van der Waals surface area contributed by atoms with E-state index < -0.39 is 12.2 Å². The zero-order valence-corrected chi connectivity index (χ0v) is 33.6. The van der Waals surface area contributed by atoms with Gasteiger partial charge < -0.3 is 35.6 Å². The Kier molecular flexibility index (Phi) is 14.8. The van der Waals surface area contributed by atoms with Crippen LogP contribution in [0.4, 0.5) is 0 Å². The minimum absolute atomic E-state index is 0.0648. The zero-order valence-electron chi connectivity index (χ0n) is 31.9. The predicted octanol–water partition coefficient (Wildman–Crippen LogP) is 7.06. The van der Waals surface area contributed by atoms with Crippen LogP contribution in [0.15, 0.2) is 41.4 Å². The summed E-state index contributed by atoms with van der Waals surface area (Å²) < 4.78 is 12.5. The number of esters is 1. The number of fused-ring (bicyclic) bond motifs is 7. The molecule has 4 aliphatic rings. The van der Waals surface area contributed by atoms with Gasteiger partial charge in [0.15, 0.2) is 17.5 Å². The molecule has 3 aliphatic heterocycles. The number of amides is 1. The minimum atomic E-state index is -0.553. The molecule has 1 aliphatic carbocycles. The number of nitrogens with two attached hydrogens (primary N) is 1. The largest absolute Gasteiger partial charge is 0.504 e. The van der Waals surface area contributed by atoms with Crippen LogP contribution in [0.1, 0.15) is 113 Å². The Bertz CT molecular complexity index is 1590. The second kappa shape index (κ2) is 19.7. The summed E-state index contributed by atoms with van der Waals surface area (Å²) in [5.74, 6) is 2.89. The van der Waals surface area contributed by atoms with Crippen molar-refractivity contribution in [3.05, 3.63) is 58.7 Å². The van der Waals surface area contributed by atoms with Gasteiger partial charge in [0.2, 0.25) is 5.91 Å². The van der Waals surface area contributed by atoms with E-state index in [-0.39, 0.29) is 35.7 Å². The van der Waals surface area contributed by atoms with Crippen LogP contribution in [0, 0.1) is 11.3 Å². The smallest absolute Gasteiger partial charge is 0.302 e. The zero-order chi connectivity index (χ0) is 37.9. The first kappa shape index (κ1) is 40.6. The van der Waals surface area contributed by atoms with Crippen LogP contribution in [0.3, 0.4) is 0 Å². The number of nitrogens with zero attached hydrogens (tertiary/aromatic N) is 2. The number of ether oxygens (including phenoxy) is 2. The molecular formula is C42H60N4O6S2. The van der Waals surface area contributed by atoms with Crippen molar-refractivity contribution in [3.8, 4) is 11.5 Å². The minimum Gasteiger partial charge on any atom is -0.504 e. The normalized spacial score (nSPS) is 28.1. The molecule has 0 aromatic heterocycles. The van der Waals surface area contributed by atoms with E-state index in [2.05, 4.69) is 28.5 Å². The number of hydrogen-bond acceptors (Lipinski definition) is 11. The van der Waals surface area contributed by atoms with Gasteiger partial charge in [0.25, 0.3) is 0 Å². The van der Waals surface area contributed by atoms with Gasteiger partial charge in [-0.2, -0.15) is 0 Å². The van der Waals surface area contributed by atoms with E-state index in [9.17, 15) is 19.8 Å². The topological polar surface area (TPSA) is 147 Å². The first-order valence-corrected chi connectivity index (χ1v) is 22.7. The number of benzene rings is 2. The molecule has 296 valence electrons. The van der Waals surface area contributed by atoms with E-state index in [4.69, 9.17) is 15.2 Å².